The van der Waals surface area contributed by atoms with E-state index in [1.165, 1.54) is 55.5 Å². The third-order valence-corrected chi connectivity index (χ3v) is 8.27. The number of aromatic nitrogens is 1. The van der Waals surface area contributed by atoms with Gasteiger partial charge in [-0.3, -0.25) is 13.7 Å². The largest absolute Gasteiger partial charge is 0.503 e. The number of benzene rings is 2. The third kappa shape index (κ3) is 6.38. The van der Waals surface area contributed by atoms with Gasteiger partial charge in [-0.1, -0.05) is 26.2 Å². The van der Waals surface area contributed by atoms with Crippen LogP contribution in [0.4, 0.5) is 22.7 Å². The average Bonchev–Trinajstić information content (AvgIpc) is 2.93. The Morgan fingerprint density at radius 1 is 1.02 bits per heavy atom. The van der Waals surface area contributed by atoms with Crippen molar-refractivity contribution in [3.8, 4) is 5.88 Å². The predicted octanol–water partition coefficient (Wildman–Crippen LogP) is 6.32. The molecule has 12 heteroatoms. The summed E-state index contributed by atoms with van der Waals surface area (Å²) in [5.41, 5.74) is 0.147. The van der Waals surface area contributed by atoms with Crippen molar-refractivity contribution < 1.29 is 23.4 Å². The summed E-state index contributed by atoms with van der Waals surface area (Å²) in [5, 5.41) is 27.8. The number of hydrogen-bond donors (Lipinski definition) is 2. The van der Waals surface area contributed by atoms with E-state index in [0.29, 0.717) is 12.1 Å². The maximum atomic E-state index is 13.3. The Kier molecular flexibility index (Phi) is 9.79. The zero-order valence-corrected chi connectivity index (χ0v) is 23.3. The second kappa shape index (κ2) is 13.0. The van der Waals surface area contributed by atoms with Gasteiger partial charge in [0.2, 0.25) is 5.69 Å². The molecular formula is C28H31N5O6S. The van der Waals surface area contributed by atoms with Gasteiger partial charge in [-0.05, 0) is 74.4 Å². The number of carboxylic acids is 1. The molecular weight excluding hydrogens is 534 g/mol. The highest BCUT2D eigenvalue weighted by molar-refractivity contribution is 7.92. The molecule has 3 aromatic rings. The first kappa shape index (κ1) is 30.0. The van der Waals surface area contributed by atoms with Gasteiger partial charge in [0, 0.05) is 13.1 Å². The molecule has 3 rings (SSSR count). The fourth-order valence-corrected chi connectivity index (χ4v) is 5.60. The number of carboxylic acid groups (broad SMARTS) is 1. The van der Waals surface area contributed by atoms with E-state index >= 15 is 0 Å². The van der Waals surface area contributed by atoms with Crippen molar-refractivity contribution in [2.45, 2.75) is 57.9 Å². The molecule has 210 valence electrons. The van der Waals surface area contributed by atoms with Crippen LogP contribution in [0.2, 0.25) is 0 Å². The molecule has 0 unspecified atom stereocenters. The van der Waals surface area contributed by atoms with E-state index in [4.69, 9.17) is 11.7 Å². The van der Waals surface area contributed by atoms with Crippen LogP contribution in [0.1, 0.15) is 55.5 Å². The summed E-state index contributed by atoms with van der Waals surface area (Å²) in [6, 6.07) is 11.1. The minimum atomic E-state index is -3.97. The molecule has 0 aliphatic heterocycles. The lowest BCUT2D eigenvalue weighted by Gasteiger charge is -2.23. The van der Waals surface area contributed by atoms with Crippen molar-refractivity contribution in [2.24, 2.45) is 10.2 Å². The summed E-state index contributed by atoms with van der Waals surface area (Å²) in [4.78, 5) is 27.6. The number of sulfonamides is 1. The number of azo groups is 1. The smallest absolute Gasteiger partial charge is 0.335 e. The van der Waals surface area contributed by atoms with E-state index in [9.17, 15) is 23.1 Å². The Labute approximate surface area is 232 Å². The molecule has 1 heterocycles. The summed E-state index contributed by atoms with van der Waals surface area (Å²) in [6.45, 7) is 13.0. The van der Waals surface area contributed by atoms with Gasteiger partial charge in [0.05, 0.1) is 28.4 Å². The quantitative estimate of drug-likeness (QED) is 0.149. The first-order valence-electron chi connectivity index (χ1n) is 12.8. The van der Waals surface area contributed by atoms with Crippen LogP contribution < -0.4 is 9.86 Å². The molecule has 0 radical (unpaired) electrons. The molecule has 11 nitrogen and oxygen atoms in total. The first-order valence-corrected chi connectivity index (χ1v) is 14.2. The van der Waals surface area contributed by atoms with Gasteiger partial charge in [-0.25, -0.2) is 18.1 Å². The highest BCUT2D eigenvalue weighted by Crippen LogP contribution is 2.35. The van der Waals surface area contributed by atoms with Crippen molar-refractivity contribution in [2.75, 3.05) is 10.8 Å². The van der Waals surface area contributed by atoms with Crippen LogP contribution in [-0.4, -0.2) is 35.7 Å². The van der Waals surface area contributed by atoms with Crippen LogP contribution >= 0.6 is 0 Å². The second-order valence-corrected chi connectivity index (χ2v) is 10.9. The summed E-state index contributed by atoms with van der Waals surface area (Å²) >= 11 is 0. The Balaban J connectivity index is 1.90. The molecule has 0 atom stereocenters. The van der Waals surface area contributed by atoms with E-state index in [1.54, 1.807) is 6.92 Å². The highest BCUT2D eigenvalue weighted by atomic mass is 32.2. The monoisotopic (exact) mass is 565 g/mol. The van der Waals surface area contributed by atoms with Gasteiger partial charge in [-0.2, -0.15) is 5.11 Å². The number of aromatic hydroxyl groups is 1. The predicted molar refractivity (Wildman–Crippen MR) is 152 cm³/mol. The molecule has 0 fully saturated rings. The average molecular weight is 566 g/mol. The van der Waals surface area contributed by atoms with Crippen molar-refractivity contribution in [3.05, 3.63) is 81.4 Å². The fraction of sp³-hybridized carbons (Fsp3) is 0.321. The van der Waals surface area contributed by atoms with E-state index < -0.39 is 21.6 Å². The molecule has 2 N–H and O–H groups in total. The van der Waals surface area contributed by atoms with Crippen molar-refractivity contribution >= 4 is 38.7 Å². The van der Waals surface area contributed by atoms with Gasteiger partial charge in [0.15, 0.2) is 5.88 Å². The summed E-state index contributed by atoms with van der Waals surface area (Å²) in [6.07, 6.45) is 3.53. The van der Waals surface area contributed by atoms with Gasteiger partial charge >= 0.3 is 5.97 Å². The number of aromatic carboxylic acids is 1. The summed E-state index contributed by atoms with van der Waals surface area (Å²) < 4.78 is 28.9. The van der Waals surface area contributed by atoms with E-state index in [0.717, 1.165) is 28.1 Å². The summed E-state index contributed by atoms with van der Waals surface area (Å²) in [5.74, 6) is -1.50. The zero-order chi connectivity index (χ0) is 29.4. The first-order chi connectivity index (χ1) is 19.1. The van der Waals surface area contributed by atoms with E-state index in [-0.39, 0.29) is 52.1 Å². The van der Waals surface area contributed by atoms with Crippen LogP contribution in [-0.2, 0) is 16.6 Å². The highest BCUT2D eigenvalue weighted by Gasteiger charge is 2.24. The molecule has 0 amide bonds. The number of hydrogen-bond acceptors (Lipinski definition) is 7. The van der Waals surface area contributed by atoms with Crippen LogP contribution in [0.25, 0.3) is 4.85 Å². The SMILES string of the molecule is [C-]#[N+]c1c(C)c(N=Nc2ccc(S(=O)(=O)N(CC)c3ccc(C(=O)O)cc3)cc2)c(=O)n(CCCCCC)c1O. The Morgan fingerprint density at radius 3 is 2.23 bits per heavy atom. The number of rotatable bonds is 12. The second-order valence-electron chi connectivity index (χ2n) is 8.99. The maximum absolute atomic E-state index is 13.3. The normalized spacial score (nSPS) is 11.4. The maximum Gasteiger partial charge on any atom is 0.335 e. The van der Waals surface area contributed by atoms with E-state index in [2.05, 4.69) is 22.0 Å². The standard InChI is InChI=1S/C28H31N5O6S/c1-5-7-8-9-18-32-26(34)24(29-4)19(3)25(27(32)35)31-30-21-12-16-23(17-13-21)40(38,39)33(6-2)22-14-10-20(11-15-22)28(36)37/h10-17,34H,5-9,18H2,1-3H3,(H,36,37). The van der Waals surface area contributed by atoms with Crippen LogP contribution in [0.3, 0.4) is 0 Å². The third-order valence-electron chi connectivity index (χ3n) is 6.35. The Morgan fingerprint density at radius 2 is 1.68 bits per heavy atom. The Bertz CT molecular complexity index is 1610. The molecule has 0 aliphatic rings. The fourth-order valence-electron chi connectivity index (χ4n) is 4.13. The lowest BCUT2D eigenvalue weighted by atomic mass is 10.2. The molecule has 1 aromatic heterocycles. The van der Waals surface area contributed by atoms with Crippen LogP contribution in [0.5, 0.6) is 5.88 Å². The number of pyridine rings is 1. The lowest BCUT2D eigenvalue weighted by Crippen LogP contribution is -2.30. The molecule has 2 aromatic carbocycles. The van der Waals surface area contributed by atoms with Gasteiger partial charge in [0.25, 0.3) is 15.6 Å². The molecule has 0 bridgehead atoms. The molecule has 0 aliphatic carbocycles. The topological polar surface area (TPSA) is 146 Å². The zero-order valence-electron chi connectivity index (χ0n) is 22.5. The molecule has 0 saturated carbocycles. The lowest BCUT2D eigenvalue weighted by molar-refractivity contribution is 0.0697. The number of unbranched alkanes of at least 4 members (excludes halogenated alkanes) is 3. The number of carbonyl (C=O) groups is 1. The van der Waals surface area contributed by atoms with Crippen LogP contribution in [0.15, 0.2) is 68.4 Å². The summed E-state index contributed by atoms with van der Waals surface area (Å²) in [7, 11) is -3.97. The van der Waals surface area contributed by atoms with Crippen LogP contribution in [0, 0.1) is 13.5 Å². The van der Waals surface area contributed by atoms with Gasteiger partial charge in [0.1, 0.15) is 5.69 Å². The van der Waals surface area contributed by atoms with Crippen molar-refractivity contribution in [1.29, 1.82) is 0 Å². The molecule has 0 spiro atoms. The minimum Gasteiger partial charge on any atom is -0.503 e. The van der Waals surface area contributed by atoms with Gasteiger partial charge < -0.3 is 10.2 Å². The minimum absolute atomic E-state index is 0.0128. The number of nitrogens with zero attached hydrogens (tertiary/aromatic N) is 5. The molecule has 0 saturated heterocycles. The van der Waals surface area contributed by atoms with Crippen molar-refractivity contribution in [1.82, 2.24) is 4.57 Å². The van der Waals surface area contributed by atoms with Crippen molar-refractivity contribution in [3.63, 3.8) is 0 Å². The van der Waals surface area contributed by atoms with Gasteiger partial charge in [-0.15, -0.1) is 5.11 Å². The van der Waals surface area contributed by atoms with E-state index in [1.807, 2.05) is 0 Å². The Hall–Kier alpha value is -4.50. The number of anilines is 1. The molecule has 40 heavy (non-hydrogen) atoms.